The number of thiophene rings is 1. The molecule has 4 aromatic rings. The summed E-state index contributed by atoms with van der Waals surface area (Å²) in [5.41, 5.74) is 4.39. The first-order valence-corrected chi connectivity index (χ1v) is 9.55. The maximum Gasteiger partial charge on any atom is 0.128 e. The van der Waals surface area contributed by atoms with Gasteiger partial charge in [-0.25, -0.2) is 4.39 Å². The molecule has 1 aliphatic rings. The van der Waals surface area contributed by atoms with Crippen LogP contribution in [0.5, 0.6) is 0 Å². The van der Waals surface area contributed by atoms with Crippen molar-refractivity contribution in [2.45, 2.75) is 13.0 Å². The Morgan fingerprint density at radius 2 is 1.88 bits per heavy atom. The molecule has 3 heterocycles. The summed E-state index contributed by atoms with van der Waals surface area (Å²) in [6, 6.07) is 17.7. The van der Waals surface area contributed by atoms with Gasteiger partial charge in [-0.05, 0) is 35.6 Å². The maximum atomic E-state index is 14.0. The van der Waals surface area contributed by atoms with E-state index in [0.29, 0.717) is 6.54 Å². The molecule has 0 N–H and O–H groups in total. The topological polar surface area (TPSA) is 16.1 Å². The predicted molar refractivity (Wildman–Crippen MR) is 106 cm³/mol. The Balaban J connectivity index is 1.53. The molecule has 2 aromatic heterocycles. The lowest BCUT2D eigenvalue weighted by atomic mass is 10.1. The van der Waals surface area contributed by atoms with Crippen molar-refractivity contribution in [1.29, 1.82) is 0 Å². The molecule has 128 valence electrons. The lowest BCUT2D eigenvalue weighted by molar-refractivity contribution is 0.606. The fourth-order valence-corrected chi connectivity index (χ4v) is 4.80. The Bertz CT molecular complexity index is 1070. The molecular formula is C22H17FN2S. The average molecular weight is 360 g/mol. The summed E-state index contributed by atoms with van der Waals surface area (Å²) in [5.74, 6) is -0.144. The third-order valence-corrected chi connectivity index (χ3v) is 6.17. The molecule has 2 nitrogen and oxygen atoms in total. The van der Waals surface area contributed by atoms with Gasteiger partial charge in [-0.1, -0.05) is 36.4 Å². The van der Waals surface area contributed by atoms with Crippen molar-refractivity contribution in [3.63, 3.8) is 0 Å². The number of fused-ring (bicyclic) bond motifs is 2. The summed E-state index contributed by atoms with van der Waals surface area (Å²) in [5, 5.41) is 1.27. The summed E-state index contributed by atoms with van der Waals surface area (Å²) >= 11 is 1.81. The van der Waals surface area contributed by atoms with Crippen LogP contribution < -0.4 is 4.90 Å². The zero-order valence-electron chi connectivity index (χ0n) is 14.2. The minimum atomic E-state index is -0.144. The van der Waals surface area contributed by atoms with E-state index in [-0.39, 0.29) is 5.82 Å². The standard InChI is InChI=1S/C22H17FN2S/c23-19-7-3-1-6-16(19)14-25-10-9-17-18(12-24-13-20(17)25)22-11-15-5-2-4-8-21(15)26-22/h1-8,11-13H,9-10,14H2. The van der Waals surface area contributed by atoms with E-state index < -0.39 is 0 Å². The van der Waals surface area contributed by atoms with Crippen LogP contribution in [0.25, 0.3) is 20.5 Å². The Hall–Kier alpha value is -2.72. The molecule has 0 atom stereocenters. The fourth-order valence-electron chi connectivity index (χ4n) is 3.70. The number of nitrogens with zero attached hydrogens (tertiary/aromatic N) is 2. The average Bonchev–Trinajstić information content (AvgIpc) is 3.28. The zero-order valence-corrected chi connectivity index (χ0v) is 15.0. The monoisotopic (exact) mass is 360 g/mol. The van der Waals surface area contributed by atoms with Crippen LogP contribution in [0, 0.1) is 5.82 Å². The highest BCUT2D eigenvalue weighted by Crippen LogP contribution is 2.40. The van der Waals surface area contributed by atoms with Gasteiger partial charge in [-0.3, -0.25) is 4.98 Å². The molecule has 4 heteroatoms. The molecule has 0 bridgehead atoms. The number of rotatable bonds is 3. The first kappa shape index (κ1) is 15.5. The molecule has 0 spiro atoms. The molecule has 0 unspecified atom stereocenters. The normalized spacial score (nSPS) is 13.3. The summed E-state index contributed by atoms with van der Waals surface area (Å²) in [4.78, 5) is 7.98. The van der Waals surface area contributed by atoms with Gasteiger partial charge >= 0.3 is 0 Å². The molecule has 0 amide bonds. The molecule has 0 saturated heterocycles. The number of pyridine rings is 1. The second-order valence-corrected chi connectivity index (χ2v) is 7.68. The molecule has 0 radical (unpaired) electrons. The minimum Gasteiger partial charge on any atom is -0.365 e. The number of aromatic nitrogens is 1. The van der Waals surface area contributed by atoms with Crippen LogP contribution >= 0.6 is 11.3 Å². The molecule has 5 rings (SSSR count). The minimum absolute atomic E-state index is 0.144. The largest absolute Gasteiger partial charge is 0.365 e. The highest BCUT2D eigenvalue weighted by atomic mass is 32.1. The fraction of sp³-hybridized carbons (Fsp3) is 0.136. The smallest absolute Gasteiger partial charge is 0.128 e. The molecule has 0 saturated carbocycles. The number of hydrogen-bond donors (Lipinski definition) is 0. The number of halogens is 1. The van der Waals surface area contributed by atoms with Crippen molar-refractivity contribution < 1.29 is 4.39 Å². The van der Waals surface area contributed by atoms with E-state index in [1.165, 1.54) is 32.2 Å². The first-order chi connectivity index (χ1) is 12.8. The third kappa shape index (κ3) is 2.58. The van der Waals surface area contributed by atoms with E-state index in [0.717, 1.165) is 24.2 Å². The summed E-state index contributed by atoms with van der Waals surface area (Å²) in [6.45, 7) is 1.48. The van der Waals surface area contributed by atoms with E-state index in [9.17, 15) is 4.39 Å². The number of hydrogen-bond acceptors (Lipinski definition) is 3. The Labute approximate surface area is 155 Å². The molecule has 1 aliphatic heterocycles. The van der Waals surface area contributed by atoms with Gasteiger partial charge in [0, 0.05) is 40.0 Å². The van der Waals surface area contributed by atoms with Crippen LogP contribution in [0.4, 0.5) is 10.1 Å². The van der Waals surface area contributed by atoms with Gasteiger partial charge in [-0.15, -0.1) is 11.3 Å². The van der Waals surface area contributed by atoms with E-state index in [1.807, 2.05) is 24.5 Å². The lowest BCUT2D eigenvalue weighted by Crippen LogP contribution is -2.20. The summed E-state index contributed by atoms with van der Waals surface area (Å²) in [6.07, 6.45) is 4.85. The van der Waals surface area contributed by atoms with Crippen LogP contribution in [-0.2, 0) is 13.0 Å². The van der Waals surface area contributed by atoms with Crippen LogP contribution in [-0.4, -0.2) is 11.5 Å². The van der Waals surface area contributed by atoms with E-state index in [2.05, 4.69) is 40.2 Å². The quantitative estimate of drug-likeness (QED) is 0.468. The van der Waals surface area contributed by atoms with Crippen molar-refractivity contribution in [1.82, 2.24) is 4.98 Å². The van der Waals surface area contributed by atoms with E-state index in [4.69, 9.17) is 0 Å². The van der Waals surface area contributed by atoms with Crippen LogP contribution in [0.15, 0.2) is 67.0 Å². The SMILES string of the molecule is Fc1ccccc1CN1CCc2c(-c3cc4ccccc4s3)cncc21. The van der Waals surface area contributed by atoms with Gasteiger partial charge in [0.15, 0.2) is 0 Å². The third-order valence-electron chi connectivity index (χ3n) is 5.02. The highest BCUT2D eigenvalue weighted by Gasteiger charge is 2.24. The Morgan fingerprint density at radius 3 is 2.77 bits per heavy atom. The highest BCUT2D eigenvalue weighted by molar-refractivity contribution is 7.22. The molecule has 26 heavy (non-hydrogen) atoms. The van der Waals surface area contributed by atoms with E-state index >= 15 is 0 Å². The Kier molecular flexibility index (Phi) is 3.71. The molecule has 0 aliphatic carbocycles. The second kappa shape index (κ2) is 6.22. The molecule has 0 fully saturated rings. The van der Waals surface area contributed by atoms with E-state index in [1.54, 1.807) is 17.4 Å². The van der Waals surface area contributed by atoms with Gasteiger partial charge < -0.3 is 4.90 Å². The lowest BCUT2D eigenvalue weighted by Gasteiger charge is -2.19. The van der Waals surface area contributed by atoms with Crippen molar-refractivity contribution in [3.05, 3.63) is 83.9 Å². The zero-order chi connectivity index (χ0) is 17.5. The van der Waals surface area contributed by atoms with Gasteiger partial charge in [0.1, 0.15) is 5.82 Å². The van der Waals surface area contributed by atoms with Gasteiger partial charge in [0.05, 0.1) is 11.9 Å². The van der Waals surface area contributed by atoms with Gasteiger partial charge in [-0.2, -0.15) is 0 Å². The number of benzene rings is 2. The predicted octanol–water partition coefficient (Wildman–Crippen LogP) is 5.67. The summed E-state index contributed by atoms with van der Waals surface area (Å²) < 4.78 is 15.3. The molecular weight excluding hydrogens is 343 g/mol. The van der Waals surface area contributed by atoms with Crippen molar-refractivity contribution >= 4 is 27.1 Å². The maximum absolute atomic E-state index is 14.0. The Morgan fingerprint density at radius 1 is 1.04 bits per heavy atom. The van der Waals surface area contributed by atoms with Crippen molar-refractivity contribution in [2.24, 2.45) is 0 Å². The second-order valence-electron chi connectivity index (χ2n) is 6.60. The number of anilines is 1. The van der Waals surface area contributed by atoms with Crippen molar-refractivity contribution in [3.8, 4) is 10.4 Å². The van der Waals surface area contributed by atoms with Gasteiger partial charge in [0.2, 0.25) is 0 Å². The van der Waals surface area contributed by atoms with Gasteiger partial charge in [0.25, 0.3) is 0 Å². The van der Waals surface area contributed by atoms with Crippen LogP contribution in [0.3, 0.4) is 0 Å². The molecule has 2 aromatic carbocycles. The summed E-state index contributed by atoms with van der Waals surface area (Å²) in [7, 11) is 0. The first-order valence-electron chi connectivity index (χ1n) is 8.74. The van der Waals surface area contributed by atoms with Crippen molar-refractivity contribution in [2.75, 3.05) is 11.4 Å². The van der Waals surface area contributed by atoms with Crippen LogP contribution in [0.1, 0.15) is 11.1 Å². The van der Waals surface area contributed by atoms with Crippen LogP contribution in [0.2, 0.25) is 0 Å².